The molecule has 7 atom stereocenters. The van der Waals surface area contributed by atoms with Gasteiger partial charge in [-0.2, -0.15) is 26.3 Å². The van der Waals surface area contributed by atoms with Crippen molar-refractivity contribution in [2.75, 3.05) is 0 Å². The largest absolute Gasteiger partial charge is 0.421 e. The van der Waals surface area contributed by atoms with Crippen LogP contribution in [0.15, 0.2) is 0 Å². The monoisotopic (exact) mass is 462 g/mol. The molecule has 0 aromatic heterocycles. The summed E-state index contributed by atoms with van der Waals surface area (Å²) in [5, 5.41) is 13.4. The van der Waals surface area contributed by atoms with Crippen LogP contribution in [0, 0.1) is 11.3 Å². The van der Waals surface area contributed by atoms with Gasteiger partial charge < -0.3 is 20.9 Å². The third-order valence-electron chi connectivity index (χ3n) is 6.87. The predicted octanol–water partition coefficient (Wildman–Crippen LogP) is 2.67. The zero-order chi connectivity index (χ0) is 23.2. The quantitative estimate of drug-likeness (QED) is 0.356. The fourth-order valence-electron chi connectivity index (χ4n) is 5.04. The number of aliphatic hydroxyl groups is 1. The van der Waals surface area contributed by atoms with Crippen LogP contribution >= 0.6 is 0 Å². The second kappa shape index (κ2) is 8.60. The van der Waals surface area contributed by atoms with Gasteiger partial charge in [0.25, 0.3) is 0 Å². The SMILES string of the molecule is CC1(C)CCCCC[C@@](O)(C(F)(F)F)C2NNC(O2)C2NC(C1)C(C(F)(F)F)CC2N. The van der Waals surface area contributed by atoms with E-state index in [9.17, 15) is 31.4 Å². The van der Waals surface area contributed by atoms with Crippen LogP contribution in [-0.2, 0) is 4.74 Å². The molecule has 3 saturated heterocycles. The maximum atomic E-state index is 13.7. The molecule has 6 unspecified atom stereocenters. The molecule has 3 aliphatic rings. The van der Waals surface area contributed by atoms with Gasteiger partial charge >= 0.3 is 12.4 Å². The van der Waals surface area contributed by atoms with Gasteiger partial charge in [0.05, 0.1) is 12.0 Å². The zero-order valence-corrected chi connectivity index (χ0v) is 17.6. The van der Waals surface area contributed by atoms with Gasteiger partial charge in [-0.15, -0.1) is 0 Å². The molecule has 6 nitrogen and oxygen atoms in total. The second-order valence-corrected chi connectivity index (χ2v) is 9.92. The molecule has 0 amide bonds. The van der Waals surface area contributed by atoms with E-state index < -0.39 is 66.3 Å². The van der Waals surface area contributed by atoms with Crippen LogP contribution in [0.1, 0.15) is 58.8 Å². The summed E-state index contributed by atoms with van der Waals surface area (Å²) in [5.74, 6) is -1.66. The molecule has 12 heteroatoms. The fourth-order valence-corrected chi connectivity index (χ4v) is 5.04. The molecule has 0 aromatic carbocycles. The maximum absolute atomic E-state index is 13.7. The first kappa shape index (κ1) is 25.0. The number of halogens is 6. The lowest BCUT2D eigenvalue weighted by Gasteiger charge is -2.46. The van der Waals surface area contributed by atoms with Crippen molar-refractivity contribution in [3.63, 3.8) is 0 Å². The van der Waals surface area contributed by atoms with Crippen molar-refractivity contribution in [1.29, 1.82) is 0 Å². The highest BCUT2D eigenvalue weighted by Gasteiger charge is 2.62. The number of hydrazine groups is 1. The molecule has 31 heavy (non-hydrogen) atoms. The lowest BCUT2D eigenvalue weighted by atomic mass is 9.73. The normalized spacial score (nSPS) is 42.8. The van der Waals surface area contributed by atoms with Gasteiger partial charge in [-0.25, -0.2) is 10.9 Å². The average Bonchev–Trinajstić information content (AvgIpc) is 3.09. The topological polar surface area (TPSA) is 91.6 Å². The van der Waals surface area contributed by atoms with Crippen LogP contribution in [0.3, 0.4) is 0 Å². The van der Waals surface area contributed by atoms with E-state index in [1.165, 1.54) is 0 Å². The maximum Gasteiger partial charge on any atom is 0.421 e. The van der Waals surface area contributed by atoms with Gasteiger partial charge in [0.15, 0.2) is 6.23 Å². The van der Waals surface area contributed by atoms with Crippen LogP contribution in [0.2, 0.25) is 0 Å². The van der Waals surface area contributed by atoms with E-state index in [-0.39, 0.29) is 19.3 Å². The van der Waals surface area contributed by atoms with Gasteiger partial charge in [-0.05, 0) is 31.1 Å². The number of nitrogens with two attached hydrogens (primary N) is 1. The van der Waals surface area contributed by atoms with Gasteiger partial charge in [0.2, 0.25) is 5.60 Å². The molecular weight excluding hydrogens is 430 g/mol. The van der Waals surface area contributed by atoms with Crippen molar-refractivity contribution >= 4 is 0 Å². The first-order chi connectivity index (χ1) is 14.1. The summed E-state index contributed by atoms with van der Waals surface area (Å²) in [4.78, 5) is 0. The van der Waals surface area contributed by atoms with E-state index >= 15 is 0 Å². The minimum atomic E-state index is -4.95. The highest BCUT2D eigenvalue weighted by molar-refractivity contribution is 5.03. The molecule has 182 valence electrons. The summed E-state index contributed by atoms with van der Waals surface area (Å²) in [5.41, 5.74) is 7.33. The van der Waals surface area contributed by atoms with Crippen LogP contribution in [0.5, 0.6) is 0 Å². The number of alkyl halides is 6. The van der Waals surface area contributed by atoms with E-state index in [4.69, 9.17) is 10.5 Å². The molecule has 0 radical (unpaired) electrons. The van der Waals surface area contributed by atoms with Crippen molar-refractivity contribution in [3.05, 3.63) is 0 Å². The fraction of sp³-hybridized carbons (Fsp3) is 1.00. The lowest BCUT2D eigenvalue weighted by Crippen LogP contribution is -2.66. The first-order valence-corrected chi connectivity index (χ1v) is 10.7. The summed E-state index contributed by atoms with van der Waals surface area (Å²) in [6.45, 7) is 3.73. The van der Waals surface area contributed by atoms with E-state index in [2.05, 4.69) is 16.2 Å². The van der Waals surface area contributed by atoms with Crippen LogP contribution < -0.4 is 21.9 Å². The zero-order valence-electron chi connectivity index (χ0n) is 17.6. The third-order valence-corrected chi connectivity index (χ3v) is 6.87. The molecule has 0 aromatic rings. The molecule has 6 N–H and O–H groups in total. The number of piperidine rings is 1. The minimum Gasteiger partial charge on any atom is -0.377 e. The Bertz CT molecular complexity index is 631. The van der Waals surface area contributed by atoms with E-state index in [0.29, 0.717) is 19.3 Å². The van der Waals surface area contributed by atoms with Crippen molar-refractivity contribution in [2.24, 2.45) is 17.1 Å². The molecule has 4 bridgehead atoms. The predicted molar refractivity (Wildman–Crippen MR) is 100 cm³/mol. The van der Waals surface area contributed by atoms with Gasteiger partial charge in [0.1, 0.15) is 6.23 Å². The molecule has 3 fully saturated rings. The summed E-state index contributed by atoms with van der Waals surface area (Å²) >= 11 is 0. The second-order valence-electron chi connectivity index (χ2n) is 9.92. The Kier molecular flexibility index (Phi) is 6.93. The third kappa shape index (κ3) is 5.30. The van der Waals surface area contributed by atoms with Crippen molar-refractivity contribution < 1.29 is 36.2 Å². The Morgan fingerprint density at radius 1 is 1.00 bits per heavy atom. The Labute approximate surface area is 177 Å². The van der Waals surface area contributed by atoms with Gasteiger partial charge in [-0.3, -0.25) is 0 Å². The molecule has 0 aliphatic carbocycles. The number of hydrogen-bond acceptors (Lipinski definition) is 6. The Morgan fingerprint density at radius 3 is 2.26 bits per heavy atom. The summed E-state index contributed by atoms with van der Waals surface area (Å²) in [7, 11) is 0. The number of fused-ring (bicyclic) bond motifs is 5. The molecule has 3 aliphatic heterocycles. The molecular formula is C19H32F6N4O2. The smallest absolute Gasteiger partial charge is 0.377 e. The molecule has 0 saturated carbocycles. The Morgan fingerprint density at radius 2 is 1.65 bits per heavy atom. The van der Waals surface area contributed by atoms with Crippen LogP contribution in [0.25, 0.3) is 0 Å². The number of rotatable bonds is 0. The number of hydrogen-bond donors (Lipinski definition) is 5. The standard InChI is InChI=1S/C19H32F6N4O2/c1-16(2)6-4-3-5-7-17(30,19(23,24)25)15-29-28-14(31-15)13-11(26)8-10(18(20,21)22)12(9-16)27-13/h10-15,27-30H,3-9,26H2,1-2H3/t10?,11?,12?,13?,14?,15?,17-/m0/s1. The number of nitrogens with one attached hydrogen (secondary N) is 3. The Balaban J connectivity index is 1.90. The van der Waals surface area contributed by atoms with Crippen LogP contribution in [0.4, 0.5) is 26.3 Å². The van der Waals surface area contributed by atoms with E-state index in [0.717, 1.165) is 0 Å². The van der Waals surface area contributed by atoms with E-state index in [1.54, 1.807) is 0 Å². The van der Waals surface area contributed by atoms with Crippen molar-refractivity contribution in [1.82, 2.24) is 16.2 Å². The minimum absolute atomic E-state index is 0.105. The lowest BCUT2D eigenvalue weighted by molar-refractivity contribution is -0.300. The highest BCUT2D eigenvalue weighted by Crippen LogP contribution is 2.43. The summed E-state index contributed by atoms with van der Waals surface area (Å²) in [6, 6.07) is -2.82. The van der Waals surface area contributed by atoms with Crippen molar-refractivity contribution in [3.8, 4) is 0 Å². The molecule has 3 rings (SSSR count). The Hall–Kier alpha value is -0.660. The summed E-state index contributed by atoms with van der Waals surface area (Å²) < 4.78 is 87.9. The molecule has 0 spiro atoms. The van der Waals surface area contributed by atoms with Gasteiger partial charge in [0, 0.05) is 12.1 Å². The van der Waals surface area contributed by atoms with Crippen LogP contribution in [-0.4, -0.2) is 53.6 Å². The average molecular weight is 462 g/mol. The highest BCUT2D eigenvalue weighted by atomic mass is 19.4. The van der Waals surface area contributed by atoms with Crippen molar-refractivity contribution in [2.45, 2.75) is 107 Å². The first-order valence-electron chi connectivity index (χ1n) is 10.7. The molecule has 3 heterocycles. The summed E-state index contributed by atoms with van der Waals surface area (Å²) in [6.07, 6.45) is -11.4. The number of ether oxygens (including phenoxy) is 1. The van der Waals surface area contributed by atoms with Gasteiger partial charge in [-0.1, -0.05) is 33.1 Å². The van der Waals surface area contributed by atoms with E-state index in [1.807, 2.05) is 13.8 Å².